The molecule has 1 aromatic carbocycles. The van der Waals surface area contributed by atoms with Gasteiger partial charge in [-0.1, -0.05) is 0 Å². The van der Waals surface area contributed by atoms with Gasteiger partial charge in [-0.15, -0.1) is 0 Å². The summed E-state index contributed by atoms with van der Waals surface area (Å²) < 4.78 is 1.71. The lowest BCUT2D eigenvalue weighted by atomic mass is 10.1. The van der Waals surface area contributed by atoms with E-state index < -0.39 is 5.60 Å². The molecule has 1 aliphatic heterocycles. The monoisotopic (exact) mass is 404 g/mol. The smallest absolute Gasteiger partial charge is 0.238 e. The highest BCUT2D eigenvalue weighted by molar-refractivity contribution is 9.11. The van der Waals surface area contributed by atoms with E-state index in [-0.39, 0.29) is 5.91 Å². The van der Waals surface area contributed by atoms with Gasteiger partial charge in [-0.25, -0.2) is 0 Å². The molecule has 4 nitrogen and oxygen atoms in total. The Morgan fingerprint density at radius 1 is 1.45 bits per heavy atom. The largest absolute Gasteiger partial charge is 0.389 e. The van der Waals surface area contributed by atoms with Gasteiger partial charge >= 0.3 is 0 Å². The Labute approximate surface area is 135 Å². The van der Waals surface area contributed by atoms with Crippen LogP contribution in [0.2, 0.25) is 0 Å². The van der Waals surface area contributed by atoms with Gasteiger partial charge in [0.2, 0.25) is 5.91 Å². The van der Waals surface area contributed by atoms with Crippen molar-refractivity contribution in [1.29, 1.82) is 0 Å². The van der Waals surface area contributed by atoms with Crippen LogP contribution in [0.5, 0.6) is 0 Å². The Balaban J connectivity index is 1.99. The SMILES string of the molecule is Cc1cc(Br)c(NC(=O)CN2CCC(C)(O)C2)c(Br)c1. The van der Waals surface area contributed by atoms with Crippen LogP contribution in [0.25, 0.3) is 0 Å². The van der Waals surface area contributed by atoms with Gasteiger partial charge in [0.1, 0.15) is 0 Å². The van der Waals surface area contributed by atoms with Crippen LogP contribution in [0, 0.1) is 6.92 Å². The number of nitrogens with one attached hydrogen (secondary N) is 1. The summed E-state index contributed by atoms with van der Waals surface area (Å²) in [6, 6.07) is 3.92. The Bertz CT molecular complexity index is 509. The van der Waals surface area contributed by atoms with E-state index in [1.165, 1.54) is 0 Å². The van der Waals surface area contributed by atoms with Gasteiger partial charge < -0.3 is 10.4 Å². The number of rotatable bonds is 3. The second kappa shape index (κ2) is 6.13. The fourth-order valence-corrected chi connectivity index (χ4v) is 3.99. The first kappa shape index (κ1) is 15.9. The highest BCUT2D eigenvalue weighted by Gasteiger charge is 2.32. The maximum Gasteiger partial charge on any atom is 0.238 e. The second-order valence-corrected chi connectivity index (χ2v) is 7.32. The molecule has 2 rings (SSSR count). The fraction of sp³-hybridized carbons (Fsp3) is 0.500. The van der Waals surface area contributed by atoms with E-state index in [1.54, 1.807) is 6.92 Å². The van der Waals surface area contributed by atoms with E-state index in [9.17, 15) is 9.90 Å². The molecule has 0 spiro atoms. The first-order chi connectivity index (χ1) is 9.27. The lowest BCUT2D eigenvalue weighted by Crippen LogP contribution is -2.35. The summed E-state index contributed by atoms with van der Waals surface area (Å²) in [6.07, 6.45) is 0.707. The van der Waals surface area contributed by atoms with Crippen molar-refractivity contribution in [3.63, 3.8) is 0 Å². The highest BCUT2D eigenvalue weighted by atomic mass is 79.9. The lowest BCUT2D eigenvalue weighted by molar-refractivity contribution is -0.117. The van der Waals surface area contributed by atoms with Gasteiger partial charge in [0.05, 0.1) is 17.8 Å². The van der Waals surface area contributed by atoms with Gasteiger partial charge in [-0.05, 0) is 69.8 Å². The van der Waals surface area contributed by atoms with Crippen LogP contribution in [0.4, 0.5) is 5.69 Å². The third-order valence-electron chi connectivity index (χ3n) is 3.35. The molecule has 1 aliphatic rings. The Kier molecular flexibility index (Phi) is 4.89. The molecular formula is C14H18Br2N2O2. The average molecular weight is 406 g/mol. The number of β-amino-alcohol motifs (C(OH)–C–C–N with tert-alkyl or cyclic N) is 1. The number of carbonyl (C=O) groups is 1. The fourth-order valence-electron chi connectivity index (χ4n) is 2.38. The number of aryl methyl sites for hydroxylation is 1. The van der Waals surface area contributed by atoms with Crippen molar-refractivity contribution in [3.05, 3.63) is 26.6 Å². The molecule has 0 aliphatic carbocycles. The molecule has 1 unspecified atom stereocenters. The van der Waals surface area contributed by atoms with E-state index in [1.807, 2.05) is 24.0 Å². The van der Waals surface area contributed by atoms with Crippen LogP contribution in [0.1, 0.15) is 18.9 Å². The Hall–Kier alpha value is -0.430. The summed E-state index contributed by atoms with van der Waals surface area (Å²) in [7, 11) is 0. The number of halogens is 2. The number of anilines is 1. The van der Waals surface area contributed by atoms with E-state index in [0.29, 0.717) is 19.5 Å². The average Bonchev–Trinajstić information content (AvgIpc) is 2.63. The molecule has 110 valence electrons. The van der Waals surface area contributed by atoms with Crippen molar-refractivity contribution in [1.82, 2.24) is 4.90 Å². The summed E-state index contributed by atoms with van der Waals surface area (Å²) in [5, 5.41) is 12.8. The van der Waals surface area contributed by atoms with Crippen LogP contribution in [-0.2, 0) is 4.79 Å². The molecule has 20 heavy (non-hydrogen) atoms. The van der Waals surface area contributed by atoms with Crippen molar-refractivity contribution in [3.8, 4) is 0 Å². The van der Waals surface area contributed by atoms with E-state index in [2.05, 4.69) is 37.2 Å². The molecule has 1 heterocycles. The minimum Gasteiger partial charge on any atom is -0.389 e. The van der Waals surface area contributed by atoms with Gasteiger partial charge in [-0.3, -0.25) is 9.69 Å². The van der Waals surface area contributed by atoms with Crippen LogP contribution in [0.3, 0.4) is 0 Å². The number of amides is 1. The summed E-state index contributed by atoms with van der Waals surface area (Å²) in [4.78, 5) is 14.1. The van der Waals surface area contributed by atoms with Gasteiger partial charge in [-0.2, -0.15) is 0 Å². The van der Waals surface area contributed by atoms with Crippen LogP contribution >= 0.6 is 31.9 Å². The minimum absolute atomic E-state index is 0.0760. The molecule has 0 bridgehead atoms. The molecular weight excluding hydrogens is 388 g/mol. The number of likely N-dealkylation sites (tertiary alicyclic amines) is 1. The number of nitrogens with zero attached hydrogens (tertiary/aromatic N) is 1. The maximum absolute atomic E-state index is 12.1. The number of carbonyl (C=O) groups excluding carboxylic acids is 1. The molecule has 2 N–H and O–H groups in total. The summed E-state index contributed by atoms with van der Waals surface area (Å²) in [5.74, 6) is -0.0760. The molecule has 1 amide bonds. The second-order valence-electron chi connectivity index (χ2n) is 5.61. The van der Waals surface area contributed by atoms with E-state index >= 15 is 0 Å². The van der Waals surface area contributed by atoms with Crippen LogP contribution in [-0.4, -0.2) is 41.1 Å². The topological polar surface area (TPSA) is 52.6 Å². The molecule has 1 saturated heterocycles. The third-order valence-corrected chi connectivity index (χ3v) is 4.60. The zero-order valence-corrected chi connectivity index (χ0v) is 14.7. The first-order valence-electron chi connectivity index (χ1n) is 6.47. The van der Waals surface area contributed by atoms with Crippen LogP contribution < -0.4 is 5.32 Å². The number of benzene rings is 1. The molecule has 6 heteroatoms. The molecule has 0 radical (unpaired) electrons. The molecule has 0 saturated carbocycles. The first-order valence-corrected chi connectivity index (χ1v) is 8.06. The Morgan fingerprint density at radius 2 is 2.05 bits per heavy atom. The van der Waals surface area contributed by atoms with E-state index in [0.717, 1.165) is 26.7 Å². The zero-order chi connectivity index (χ0) is 14.9. The molecule has 0 aromatic heterocycles. The van der Waals surface area contributed by atoms with Crippen molar-refractivity contribution < 1.29 is 9.90 Å². The summed E-state index contributed by atoms with van der Waals surface area (Å²) in [5.41, 5.74) is 1.18. The van der Waals surface area contributed by atoms with Gasteiger partial charge in [0, 0.05) is 22.0 Å². The van der Waals surface area contributed by atoms with Crippen molar-refractivity contribution in [2.75, 3.05) is 25.0 Å². The third kappa shape index (κ3) is 4.04. The standard InChI is InChI=1S/C14H18Br2N2O2/c1-9-5-10(15)13(11(16)6-9)17-12(19)7-18-4-3-14(2,20)8-18/h5-6,20H,3-4,7-8H2,1-2H3,(H,17,19). The lowest BCUT2D eigenvalue weighted by Gasteiger charge is -2.19. The molecule has 1 fully saturated rings. The quantitative estimate of drug-likeness (QED) is 0.812. The highest BCUT2D eigenvalue weighted by Crippen LogP contribution is 2.32. The number of hydrogen-bond donors (Lipinski definition) is 2. The van der Waals surface area contributed by atoms with Crippen molar-refractivity contribution in [2.45, 2.75) is 25.9 Å². The van der Waals surface area contributed by atoms with Crippen molar-refractivity contribution >= 4 is 43.5 Å². The van der Waals surface area contributed by atoms with Crippen molar-refractivity contribution in [2.24, 2.45) is 0 Å². The molecule has 1 aromatic rings. The molecule has 1 atom stereocenters. The van der Waals surface area contributed by atoms with E-state index in [4.69, 9.17) is 0 Å². The zero-order valence-electron chi connectivity index (χ0n) is 11.5. The predicted molar refractivity (Wildman–Crippen MR) is 86.9 cm³/mol. The van der Waals surface area contributed by atoms with Gasteiger partial charge in [0.15, 0.2) is 0 Å². The van der Waals surface area contributed by atoms with Gasteiger partial charge in [0.25, 0.3) is 0 Å². The Morgan fingerprint density at radius 3 is 2.55 bits per heavy atom. The summed E-state index contributed by atoms with van der Waals surface area (Å²) in [6.45, 7) is 5.38. The predicted octanol–water partition coefficient (Wildman–Crippen LogP) is 2.92. The number of hydrogen-bond acceptors (Lipinski definition) is 3. The number of aliphatic hydroxyl groups is 1. The summed E-state index contributed by atoms with van der Waals surface area (Å²) >= 11 is 6.92. The normalized spacial score (nSPS) is 23.1. The maximum atomic E-state index is 12.1. The minimum atomic E-state index is -0.675. The van der Waals surface area contributed by atoms with Crippen LogP contribution in [0.15, 0.2) is 21.1 Å².